The van der Waals surface area contributed by atoms with Crippen molar-refractivity contribution in [3.63, 3.8) is 0 Å². The van der Waals surface area contributed by atoms with Crippen molar-refractivity contribution in [3.05, 3.63) is 0 Å². The van der Waals surface area contributed by atoms with Crippen molar-refractivity contribution in [2.24, 2.45) is 0 Å². The molecule has 0 N–H and O–H groups in total. The van der Waals surface area contributed by atoms with Gasteiger partial charge in [0.2, 0.25) is 0 Å². The highest BCUT2D eigenvalue weighted by Gasteiger charge is 2.35. The molecule has 2 heteroatoms. The average Bonchev–Trinajstić information content (AvgIpc) is 2.49. The zero-order chi connectivity index (χ0) is 5.40. The Morgan fingerprint density at radius 2 is 2.00 bits per heavy atom. The second-order valence-electron chi connectivity index (χ2n) is 2.42. The molecule has 1 unspecified atom stereocenters. The van der Waals surface area contributed by atoms with Crippen LogP contribution < -0.4 is 0 Å². The van der Waals surface area contributed by atoms with Crippen LogP contribution in [0.15, 0.2) is 0 Å². The van der Waals surface area contributed by atoms with Gasteiger partial charge < -0.3 is 9.47 Å². The van der Waals surface area contributed by atoms with Crippen molar-refractivity contribution in [2.45, 2.75) is 25.0 Å². The zero-order valence-corrected chi connectivity index (χ0v) is 4.80. The average molecular weight is 114 g/mol. The number of hydrogen-bond donors (Lipinski definition) is 0. The van der Waals surface area contributed by atoms with Crippen LogP contribution >= 0.6 is 0 Å². The maximum absolute atomic E-state index is 5.35. The summed E-state index contributed by atoms with van der Waals surface area (Å²) in [6.45, 7) is 1.88. The third-order valence-corrected chi connectivity index (χ3v) is 1.74. The first-order valence-electron chi connectivity index (χ1n) is 3.20. The van der Waals surface area contributed by atoms with E-state index in [9.17, 15) is 0 Å². The normalized spacial score (nSPS) is 45.0. The number of hydrogen-bond acceptors (Lipinski definition) is 2. The molecule has 2 saturated heterocycles. The first-order valence-corrected chi connectivity index (χ1v) is 3.20. The molecule has 0 aromatic carbocycles. The third-order valence-electron chi connectivity index (χ3n) is 1.74. The summed E-state index contributed by atoms with van der Waals surface area (Å²) < 4.78 is 10.4. The summed E-state index contributed by atoms with van der Waals surface area (Å²) in [6.07, 6.45) is 3.36. The smallest absolute Gasteiger partial charge is 0.107 e. The van der Waals surface area contributed by atoms with Gasteiger partial charge in [-0.25, -0.2) is 0 Å². The summed E-state index contributed by atoms with van der Waals surface area (Å²) >= 11 is 0. The lowest BCUT2D eigenvalue weighted by molar-refractivity contribution is 0.0858. The Morgan fingerprint density at radius 3 is 2.50 bits per heavy atom. The summed E-state index contributed by atoms with van der Waals surface area (Å²) in [5.74, 6) is 0. The highest BCUT2D eigenvalue weighted by Crippen LogP contribution is 2.24. The van der Waals surface area contributed by atoms with Crippen molar-refractivity contribution in [3.8, 4) is 0 Å². The molecule has 0 bridgehead atoms. The Hall–Kier alpha value is -0.0800. The van der Waals surface area contributed by atoms with E-state index in [2.05, 4.69) is 0 Å². The molecule has 2 heterocycles. The second-order valence-corrected chi connectivity index (χ2v) is 2.42. The molecule has 8 heavy (non-hydrogen) atoms. The van der Waals surface area contributed by atoms with Gasteiger partial charge in [0.15, 0.2) is 0 Å². The minimum absolute atomic E-state index is 0.454. The molecule has 2 fully saturated rings. The lowest BCUT2D eigenvalue weighted by atomic mass is 10.2. The van der Waals surface area contributed by atoms with E-state index < -0.39 is 0 Å². The van der Waals surface area contributed by atoms with Gasteiger partial charge in [0.25, 0.3) is 0 Å². The Balaban J connectivity index is 1.86. The fraction of sp³-hybridized carbons (Fsp3) is 1.00. The summed E-state index contributed by atoms with van der Waals surface area (Å²) in [4.78, 5) is 0. The summed E-state index contributed by atoms with van der Waals surface area (Å²) in [5, 5.41) is 0. The molecule has 0 aromatic rings. The minimum Gasteiger partial charge on any atom is -0.375 e. The largest absolute Gasteiger partial charge is 0.375 e. The number of ether oxygens (including phenoxy) is 2. The van der Waals surface area contributed by atoms with Crippen molar-refractivity contribution in [2.75, 3.05) is 13.2 Å². The fourth-order valence-electron chi connectivity index (χ4n) is 1.17. The van der Waals surface area contributed by atoms with Crippen molar-refractivity contribution >= 4 is 0 Å². The maximum atomic E-state index is 5.35. The molecular weight excluding hydrogens is 104 g/mol. The van der Waals surface area contributed by atoms with Crippen LogP contribution in [0.4, 0.5) is 0 Å². The van der Waals surface area contributed by atoms with Gasteiger partial charge in [-0.1, -0.05) is 0 Å². The minimum atomic E-state index is 0.454. The number of epoxide rings is 1. The van der Waals surface area contributed by atoms with Crippen LogP contribution in [0, 0.1) is 0 Å². The molecule has 2 nitrogen and oxygen atoms in total. The molecule has 0 saturated carbocycles. The predicted molar refractivity (Wildman–Crippen MR) is 28.7 cm³/mol. The Morgan fingerprint density at radius 1 is 1.12 bits per heavy atom. The molecule has 0 radical (unpaired) electrons. The Bertz CT molecular complexity index is 82.5. The molecule has 2 rings (SSSR count). The van der Waals surface area contributed by atoms with E-state index >= 15 is 0 Å². The maximum Gasteiger partial charge on any atom is 0.107 e. The topological polar surface area (TPSA) is 21.8 Å². The zero-order valence-electron chi connectivity index (χ0n) is 4.80. The summed E-state index contributed by atoms with van der Waals surface area (Å²) in [6, 6.07) is 0. The van der Waals surface area contributed by atoms with Gasteiger partial charge in [0.05, 0.1) is 12.7 Å². The molecule has 0 aromatic heterocycles. The lowest BCUT2D eigenvalue weighted by Gasteiger charge is -2.01. The van der Waals surface area contributed by atoms with Crippen molar-refractivity contribution < 1.29 is 9.47 Å². The van der Waals surface area contributed by atoms with Crippen LogP contribution in [0.2, 0.25) is 0 Å². The van der Waals surface area contributed by atoms with Crippen LogP contribution in [0.3, 0.4) is 0 Å². The highest BCUT2D eigenvalue weighted by molar-refractivity contribution is 4.82. The quantitative estimate of drug-likeness (QED) is 0.465. The third kappa shape index (κ3) is 0.740. The molecule has 0 aliphatic carbocycles. The molecule has 46 valence electrons. The van der Waals surface area contributed by atoms with E-state index in [0.29, 0.717) is 12.2 Å². The second kappa shape index (κ2) is 1.71. The van der Waals surface area contributed by atoms with Crippen LogP contribution in [-0.4, -0.2) is 25.4 Å². The standard InChI is InChI=1S/C6H10O2/c1-2-5(7-3-1)6-4-8-6/h5-6H,1-4H2/t5-,6?/m0/s1. The van der Waals surface area contributed by atoms with Gasteiger partial charge in [-0.3, -0.25) is 0 Å². The van der Waals surface area contributed by atoms with Crippen LogP contribution in [0.1, 0.15) is 12.8 Å². The highest BCUT2D eigenvalue weighted by atomic mass is 16.6. The van der Waals surface area contributed by atoms with Crippen molar-refractivity contribution in [1.82, 2.24) is 0 Å². The van der Waals surface area contributed by atoms with E-state index in [-0.39, 0.29) is 0 Å². The lowest BCUT2D eigenvalue weighted by Crippen LogP contribution is -2.12. The molecule has 2 atom stereocenters. The van der Waals surface area contributed by atoms with Gasteiger partial charge in [-0.15, -0.1) is 0 Å². The first-order chi connectivity index (χ1) is 3.97. The van der Waals surface area contributed by atoms with Crippen LogP contribution in [0.5, 0.6) is 0 Å². The SMILES string of the molecule is C1CO[C@H](C2CO2)C1. The van der Waals surface area contributed by atoms with E-state index in [1.165, 1.54) is 12.8 Å². The summed E-state index contributed by atoms with van der Waals surface area (Å²) in [7, 11) is 0. The molecule has 2 aliphatic heterocycles. The molecule has 0 amide bonds. The summed E-state index contributed by atoms with van der Waals surface area (Å²) in [5.41, 5.74) is 0. The molecule has 0 spiro atoms. The van der Waals surface area contributed by atoms with Gasteiger partial charge in [0.1, 0.15) is 6.10 Å². The van der Waals surface area contributed by atoms with E-state index in [1.54, 1.807) is 0 Å². The van der Waals surface area contributed by atoms with Crippen LogP contribution in [0.25, 0.3) is 0 Å². The monoisotopic (exact) mass is 114 g/mol. The van der Waals surface area contributed by atoms with E-state index in [0.717, 1.165) is 13.2 Å². The Labute approximate surface area is 48.8 Å². The van der Waals surface area contributed by atoms with E-state index in [4.69, 9.17) is 9.47 Å². The van der Waals surface area contributed by atoms with Gasteiger partial charge in [0, 0.05) is 6.61 Å². The van der Waals surface area contributed by atoms with Gasteiger partial charge in [-0.2, -0.15) is 0 Å². The molecular formula is C6H10O2. The van der Waals surface area contributed by atoms with Crippen molar-refractivity contribution in [1.29, 1.82) is 0 Å². The fourth-order valence-corrected chi connectivity index (χ4v) is 1.17. The number of rotatable bonds is 1. The van der Waals surface area contributed by atoms with Gasteiger partial charge >= 0.3 is 0 Å². The van der Waals surface area contributed by atoms with E-state index in [1.807, 2.05) is 0 Å². The predicted octanol–water partition coefficient (Wildman–Crippen LogP) is 0.564. The molecule has 2 aliphatic rings. The Kier molecular flexibility index (Phi) is 1.02. The first kappa shape index (κ1) is 4.77. The van der Waals surface area contributed by atoms with Crippen LogP contribution in [-0.2, 0) is 9.47 Å². The van der Waals surface area contributed by atoms with Gasteiger partial charge in [-0.05, 0) is 12.8 Å².